The molecule has 32 heavy (non-hydrogen) atoms. The number of nitrogens with zero attached hydrogens (tertiary/aromatic N) is 3. The number of aromatic nitrogens is 2. The van der Waals surface area contributed by atoms with Crippen molar-refractivity contribution < 1.29 is 27.8 Å². The molecule has 3 heterocycles. The fourth-order valence-corrected chi connectivity index (χ4v) is 3.43. The van der Waals surface area contributed by atoms with Crippen LogP contribution in [0.3, 0.4) is 0 Å². The minimum absolute atomic E-state index is 0.00285. The minimum Gasteiger partial charge on any atom is -0.473 e. The van der Waals surface area contributed by atoms with Gasteiger partial charge in [-0.05, 0) is 58.7 Å². The van der Waals surface area contributed by atoms with Gasteiger partial charge in [-0.25, -0.2) is 14.8 Å². The number of hydrogen-bond donors (Lipinski definition) is 0. The Balaban J connectivity index is 1.59. The molecule has 2 aromatic heterocycles. The molecule has 0 radical (unpaired) electrons. The average Bonchev–Trinajstić information content (AvgIpc) is 2.72. The van der Waals surface area contributed by atoms with Crippen LogP contribution in [0.5, 0.6) is 11.8 Å². The summed E-state index contributed by atoms with van der Waals surface area (Å²) in [6.45, 7) is 5.47. The molecular weight excluding hydrogens is 420 g/mol. The number of piperidine rings is 1. The van der Waals surface area contributed by atoms with Crippen molar-refractivity contribution in [1.82, 2.24) is 14.9 Å². The highest BCUT2D eigenvalue weighted by molar-refractivity contribution is 5.68. The largest absolute Gasteiger partial charge is 0.473 e. The van der Waals surface area contributed by atoms with E-state index in [2.05, 4.69) is 14.7 Å². The van der Waals surface area contributed by atoms with Gasteiger partial charge in [0.2, 0.25) is 11.8 Å². The van der Waals surface area contributed by atoms with Crippen molar-refractivity contribution in [2.45, 2.75) is 65.3 Å². The maximum absolute atomic E-state index is 12.7. The van der Waals surface area contributed by atoms with Crippen LogP contribution in [0.1, 0.15) is 56.5 Å². The highest BCUT2D eigenvalue weighted by Gasteiger charge is 2.28. The fourth-order valence-electron chi connectivity index (χ4n) is 3.43. The predicted molar refractivity (Wildman–Crippen MR) is 114 cm³/mol. The second-order valence-corrected chi connectivity index (χ2v) is 8.73. The Morgan fingerprint density at radius 3 is 2.53 bits per heavy atom. The minimum atomic E-state index is -2.96. The molecule has 2 aromatic rings. The molecule has 1 fully saturated rings. The van der Waals surface area contributed by atoms with Gasteiger partial charge >= 0.3 is 12.7 Å². The lowest BCUT2D eigenvalue weighted by molar-refractivity contribution is -0.0540. The molecule has 0 aliphatic carbocycles. The number of likely N-dealkylation sites (tertiary alicyclic amines) is 1. The Kier molecular flexibility index (Phi) is 7.48. The SMILES string of the molecule is Cc1ccc(COc2cccc(C3CCN(C(=O)OC(C)(C)C)CC3)n2)c(OC(F)F)n1. The molecule has 1 amide bonds. The van der Waals surface area contributed by atoms with Gasteiger partial charge in [-0.15, -0.1) is 0 Å². The van der Waals surface area contributed by atoms with E-state index in [1.165, 1.54) is 0 Å². The first-order chi connectivity index (χ1) is 15.1. The van der Waals surface area contributed by atoms with Crippen molar-refractivity contribution in [3.05, 3.63) is 47.3 Å². The molecule has 1 aliphatic rings. The van der Waals surface area contributed by atoms with Crippen LogP contribution < -0.4 is 9.47 Å². The van der Waals surface area contributed by atoms with Crippen LogP contribution in [-0.4, -0.2) is 46.3 Å². The van der Waals surface area contributed by atoms with Crippen LogP contribution in [-0.2, 0) is 11.3 Å². The number of carbonyl (C=O) groups is 1. The van der Waals surface area contributed by atoms with Gasteiger partial charge in [-0.2, -0.15) is 8.78 Å². The summed E-state index contributed by atoms with van der Waals surface area (Å²) in [4.78, 5) is 22.6. The van der Waals surface area contributed by atoms with Gasteiger partial charge in [-0.3, -0.25) is 0 Å². The zero-order valence-electron chi connectivity index (χ0n) is 18.8. The summed E-state index contributed by atoms with van der Waals surface area (Å²) in [6, 6.07) is 8.85. The quantitative estimate of drug-likeness (QED) is 0.612. The number of rotatable bonds is 6. The van der Waals surface area contributed by atoms with E-state index in [1.807, 2.05) is 32.9 Å². The predicted octanol–water partition coefficient (Wildman–Crippen LogP) is 5.08. The first-order valence-electron chi connectivity index (χ1n) is 10.6. The molecule has 3 rings (SSSR count). The normalized spacial score (nSPS) is 15.0. The number of aryl methyl sites for hydroxylation is 1. The van der Waals surface area contributed by atoms with E-state index < -0.39 is 12.2 Å². The summed E-state index contributed by atoms with van der Waals surface area (Å²) in [5.74, 6) is 0.433. The molecule has 7 nitrogen and oxygen atoms in total. The van der Waals surface area contributed by atoms with Crippen LogP contribution in [0.15, 0.2) is 30.3 Å². The molecule has 0 saturated carbocycles. The van der Waals surface area contributed by atoms with E-state index in [9.17, 15) is 13.6 Å². The number of carbonyl (C=O) groups excluding carboxylic acids is 1. The third-order valence-electron chi connectivity index (χ3n) is 4.96. The summed E-state index contributed by atoms with van der Waals surface area (Å²) >= 11 is 0. The lowest BCUT2D eigenvalue weighted by atomic mass is 9.93. The maximum atomic E-state index is 12.7. The van der Waals surface area contributed by atoms with Gasteiger partial charge in [-0.1, -0.05) is 6.07 Å². The summed E-state index contributed by atoms with van der Waals surface area (Å²) in [5, 5.41) is 0. The van der Waals surface area contributed by atoms with Gasteiger partial charge in [0.15, 0.2) is 0 Å². The molecule has 0 spiro atoms. The van der Waals surface area contributed by atoms with Crippen molar-refractivity contribution in [2.24, 2.45) is 0 Å². The number of ether oxygens (including phenoxy) is 3. The lowest BCUT2D eigenvalue weighted by Crippen LogP contribution is -2.41. The molecule has 0 atom stereocenters. The van der Waals surface area contributed by atoms with Crippen molar-refractivity contribution in [1.29, 1.82) is 0 Å². The number of hydrogen-bond acceptors (Lipinski definition) is 6. The topological polar surface area (TPSA) is 73.8 Å². The van der Waals surface area contributed by atoms with Crippen molar-refractivity contribution in [2.75, 3.05) is 13.1 Å². The standard InChI is InChI=1S/C23H29F2N3O4/c1-15-8-9-17(20(26-15)31-21(24)25)14-30-19-7-5-6-18(27-19)16-10-12-28(13-11-16)22(29)32-23(2,3)4/h5-9,16,21H,10-14H2,1-4H3. The van der Waals surface area contributed by atoms with Gasteiger partial charge in [0.1, 0.15) is 12.2 Å². The third kappa shape index (κ3) is 6.77. The van der Waals surface area contributed by atoms with Gasteiger partial charge in [0.05, 0.1) is 5.56 Å². The zero-order chi connectivity index (χ0) is 23.3. The number of alkyl halides is 2. The molecule has 0 aromatic carbocycles. The molecule has 1 saturated heterocycles. The first kappa shape index (κ1) is 23.7. The van der Waals surface area contributed by atoms with Crippen LogP contribution in [0, 0.1) is 6.92 Å². The Morgan fingerprint density at radius 2 is 1.88 bits per heavy atom. The molecule has 0 unspecified atom stereocenters. The van der Waals surface area contributed by atoms with Crippen LogP contribution in [0.2, 0.25) is 0 Å². The summed E-state index contributed by atoms with van der Waals surface area (Å²) in [5.41, 5.74) is 1.34. The smallest absolute Gasteiger partial charge is 0.410 e. The van der Waals surface area contributed by atoms with Crippen molar-refractivity contribution in [3.8, 4) is 11.8 Å². The van der Waals surface area contributed by atoms with Crippen LogP contribution in [0.4, 0.5) is 13.6 Å². The highest BCUT2D eigenvalue weighted by atomic mass is 19.3. The van der Waals surface area contributed by atoms with Crippen molar-refractivity contribution >= 4 is 6.09 Å². The number of amides is 1. The van der Waals surface area contributed by atoms with E-state index in [-0.39, 0.29) is 24.5 Å². The maximum Gasteiger partial charge on any atom is 0.410 e. The molecule has 0 bridgehead atoms. The summed E-state index contributed by atoms with van der Waals surface area (Å²) < 4.78 is 41.0. The van der Waals surface area contributed by atoms with Crippen LogP contribution >= 0.6 is 0 Å². The summed E-state index contributed by atoms with van der Waals surface area (Å²) in [7, 11) is 0. The number of halogens is 2. The summed E-state index contributed by atoms with van der Waals surface area (Å²) in [6.07, 6.45) is 1.24. The Labute approximate surface area is 186 Å². The molecular formula is C23H29F2N3O4. The second kappa shape index (κ2) is 10.1. The Bertz CT molecular complexity index is 926. The third-order valence-corrected chi connectivity index (χ3v) is 4.96. The highest BCUT2D eigenvalue weighted by Crippen LogP contribution is 2.29. The Morgan fingerprint density at radius 1 is 1.16 bits per heavy atom. The van der Waals surface area contributed by atoms with Crippen molar-refractivity contribution in [3.63, 3.8) is 0 Å². The molecule has 1 aliphatic heterocycles. The molecule has 174 valence electrons. The zero-order valence-corrected chi connectivity index (χ0v) is 18.8. The second-order valence-electron chi connectivity index (χ2n) is 8.73. The molecule has 0 N–H and O–H groups in total. The first-order valence-corrected chi connectivity index (χ1v) is 10.6. The van der Waals surface area contributed by atoms with Gasteiger partial charge < -0.3 is 19.1 Å². The van der Waals surface area contributed by atoms with E-state index in [0.717, 1.165) is 18.5 Å². The number of pyridine rings is 2. The van der Waals surface area contributed by atoms with Gasteiger partial charge in [0, 0.05) is 36.5 Å². The molecule has 9 heteroatoms. The van der Waals surface area contributed by atoms with E-state index in [1.54, 1.807) is 30.0 Å². The van der Waals surface area contributed by atoms with E-state index >= 15 is 0 Å². The van der Waals surface area contributed by atoms with Crippen LogP contribution in [0.25, 0.3) is 0 Å². The Hall–Kier alpha value is -2.97. The van der Waals surface area contributed by atoms with E-state index in [0.29, 0.717) is 30.2 Å². The van der Waals surface area contributed by atoms with Gasteiger partial charge in [0.25, 0.3) is 0 Å². The average molecular weight is 449 g/mol. The fraction of sp³-hybridized carbons (Fsp3) is 0.522. The monoisotopic (exact) mass is 449 g/mol. The lowest BCUT2D eigenvalue weighted by Gasteiger charge is -2.33. The van der Waals surface area contributed by atoms with E-state index in [4.69, 9.17) is 9.47 Å².